The smallest absolute Gasteiger partial charge is 0.363 e. The number of nitrogens with one attached hydrogen (secondary N) is 1. The molecule has 0 unspecified atom stereocenters. The second-order valence-electron chi connectivity index (χ2n) is 3.69. The molecule has 2 rings (SSSR count). The highest BCUT2D eigenvalue weighted by molar-refractivity contribution is 5.58. The Morgan fingerprint density at radius 2 is 2.31 bits per heavy atom. The van der Waals surface area contributed by atoms with Gasteiger partial charge in [-0.3, -0.25) is 0 Å². The third-order valence-corrected chi connectivity index (χ3v) is 2.62. The van der Waals surface area contributed by atoms with Gasteiger partial charge in [0.05, 0.1) is 0 Å². The molecule has 0 aliphatic carbocycles. The van der Waals surface area contributed by atoms with E-state index in [1.54, 1.807) is 12.1 Å². The Hall–Kier alpha value is -1.69. The largest absolute Gasteiger partial charge is 0.387 e. The van der Waals surface area contributed by atoms with Gasteiger partial charge in [0, 0.05) is 19.6 Å². The second kappa shape index (κ2) is 4.89. The Morgan fingerprint density at radius 3 is 3.12 bits per heavy atom. The quantitative estimate of drug-likeness (QED) is 0.591. The highest BCUT2D eigenvalue weighted by Gasteiger charge is 2.20. The normalized spacial score (nSPS) is 16.9. The topological polar surface area (TPSA) is 71.3 Å². The van der Waals surface area contributed by atoms with Crippen molar-refractivity contribution in [2.45, 2.75) is 6.42 Å². The van der Waals surface area contributed by atoms with Crippen molar-refractivity contribution in [1.82, 2.24) is 10.3 Å². The van der Waals surface area contributed by atoms with Crippen molar-refractivity contribution in [2.24, 2.45) is 0 Å². The number of aromatic nitrogens is 1. The van der Waals surface area contributed by atoms with Crippen LogP contribution in [-0.2, 0) is 0 Å². The van der Waals surface area contributed by atoms with E-state index in [1.807, 2.05) is 4.90 Å². The van der Waals surface area contributed by atoms with Crippen LogP contribution in [0.2, 0.25) is 0 Å². The minimum absolute atomic E-state index is 0.0515. The maximum absolute atomic E-state index is 10.9. The van der Waals surface area contributed by atoms with Crippen LogP contribution in [-0.4, -0.2) is 36.1 Å². The summed E-state index contributed by atoms with van der Waals surface area (Å²) in [6.07, 6.45) is 2.45. The Labute approximate surface area is 93.4 Å². The summed E-state index contributed by atoms with van der Waals surface area (Å²) < 4.78 is 0. The summed E-state index contributed by atoms with van der Waals surface area (Å²) in [5.74, 6) is -0.0515. The van der Waals surface area contributed by atoms with E-state index in [4.69, 9.17) is 0 Å². The van der Waals surface area contributed by atoms with Crippen molar-refractivity contribution in [3.63, 3.8) is 0 Å². The third kappa shape index (κ3) is 2.27. The molecule has 0 spiro atoms. The van der Waals surface area contributed by atoms with Gasteiger partial charge in [-0.1, -0.05) is 0 Å². The van der Waals surface area contributed by atoms with E-state index in [1.165, 1.54) is 6.20 Å². The standard InChI is InChI=1S/C10H14N4O2/c15-14(16)10-9(3-1-5-12-10)13-7-2-4-11-6-8-13/h1,3,5,11H,2,4,6-8H2. The van der Waals surface area contributed by atoms with Crippen LogP contribution in [0, 0.1) is 10.1 Å². The molecular weight excluding hydrogens is 208 g/mol. The van der Waals surface area contributed by atoms with Crippen molar-refractivity contribution in [3.05, 3.63) is 28.4 Å². The maximum atomic E-state index is 10.9. The lowest BCUT2D eigenvalue weighted by atomic mass is 10.3. The molecule has 0 bridgehead atoms. The molecule has 1 saturated heterocycles. The van der Waals surface area contributed by atoms with Gasteiger partial charge in [0.2, 0.25) is 0 Å². The number of rotatable bonds is 2. The molecule has 2 heterocycles. The van der Waals surface area contributed by atoms with Crippen molar-refractivity contribution in [3.8, 4) is 0 Å². The SMILES string of the molecule is O=[N+]([O-])c1ncccc1N1CCCNCC1. The Morgan fingerprint density at radius 1 is 1.44 bits per heavy atom. The Balaban J connectivity index is 2.27. The lowest BCUT2D eigenvalue weighted by molar-refractivity contribution is -0.388. The number of nitrogens with zero attached hydrogens (tertiary/aromatic N) is 3. The lowest BCUT2D eigenvalue weighted by Gasteiger charge is -2.21. The van der Waals surface area contributed by atoms with Gasteiger partial charge in [0.15, 0.2) is 0 Å². The van der Waals surface area contributed by atoms with Gasteiger partial charge >= 0.3 is 5.82 Å². The summed E-state index contributed by atoms with van der Waals surface area (Å²) >= 11 is 0. The zero-order valence-electron chi connectivity index (χ0n) is 8.93. The minimum atomic E-state index is -0.423. The van der Waals surface area contributed by atoms with Crippen LogP contribution in [0.15, 0.2) is 18.3 Å². The van der Waals surface area contributed by atoms with Gasteiger partial charge in [0.1, 0.15) is 11.9 Å². The van der Waals surface area contributed by atoms with E-state index in [0.29, 0.717) is 5.69 Å². The van der Waals surface area contributed by atoms with Gasteiger partial charge < -0.3 is 20.3 Å². The highest BCUT2D eigenvalue weighted by atomic mass is 16.6. The minimum Gasteiger partial charge on any atom is -0.363 e. The summed E-state index contributed by atoms with van der Waals surface area (Å²) in [7, 11) is 0. The number of pyridine rings is 1. The average molecular weight is 222 g/mol. The molecule has 0 amide bonds. The molecule has 1 fully saturated rings. The molecule has 86 valence electrons. The van der Waals surface area contributed by atoms with Gasteiger partial charge in [0.25, 0.3) is 0 Å². The van der Waals surface area contributed by atoms with Crippen LogP contribution in [0.1, 0.15) is 6.42 Å². The second-order valence-corrected chi connectivity index (χ2v) is 3.69. The third-order valence-electron chi connectivity index (χ3n) is 2.62. The fourth-order valence-electron chi connectivity index (χ4n) is 1.86. The lowest BCUT2D eigenvalue weighted by Crippen LogP contribution is -2.28. The summed E-state index contributed by atoms with van der Waals surface area (Å²) in [5.41, 5.74) is 0.621. The molecule has 1 aromatic heterocycles. The van der Waals surface area contributed by atoms with E-state index >= 15 is 0 Å². The molecule has 1 aromatic rings. The number of hydrogen-bond donors (Lipinski definition) is 1. The molecule has 1 aliphatic heterocycles. The predicted octanol–water partition coefficient (Wildman–Crippen LogP) is 0.789. The summed E-state index contributed by atoms with van der Waals surface area (Å²) in [6, 6.07) is 3.50. The highest BCUT2D eigenvalue weighted by Crippen LogP contribution is 2.25. The monoisotopic (exact) mass is 222 g/mol. The number of hydrogen-bond acceptors (Lipinski definition) is 5. The molecular formula is C10H14N4O2. The van der Waals surface area contributed by atoms with E-state index in [2.05, 4.69) is 10.3 Å². The van der Waals surface area contributed by atoms with Crippen LogP contribution < -0.4 is 10.2 Å². The molecule has 0 aromatic carbocycles. The maximum Gasteiger partial charge on any atom is 0.387 e. The summed E-state index contributed by atoms with van der Waals surface area (Å²) in [4.78, 5) is 16.3. The molecule has 0 radical (unpaired) electrons. The molecule has 1 aliphatic rings. The summed E-state index contributed by atoms with van der Waals surface area (Å²) in [6.45, 7) is 3.43. The number of nitro groups is 1. The van der Waals surface area contributed by atoms with E-state index in [-0.39, 0.29) is 5.82 Å². The molecule has 0 atom stereocenters. The molecule has 6 heteroatoms. The number of anilines is 1. The van der Waals surface area contributed by atoms with Crippen LogP contribution in [0.25, 0.3) is 0 Å². The van der Waals surface area contributed by atoms with Crippen molar-refractivity contribution >= 4 is 11.5 Å². The van der Waals surface area contributed by atoms with Crippen molar-refractivity contribution in [2.75, 3.05) is 31.1 Å². The van der Waals surface area contributed by atoms with Crippen molar-refractivity contribution < 1.29 is 4.92 Å². The first-order valence-corrected chi connectivity index (χ1v) is 5.34. The van der Waals surface area contributed by atoms with E-state index in [0.717, 1.165) is 32.6 Å². The molecule has 0 saturated carbocycles. The molecule has 16 heavy (non-hydrogen) atoms. The van der Waals surface area contributed by atoms with Crippen LogP contribution >= 0.6 is 0 Å². The summed E-state index contributed by atoms with van der Waals surface area (Å²) in [5, 5.41) is 14.1. The first-order chi connectivity index (χ1) is 7.79. The Bertz CT molecular complexity index is 375. The average Bonchev–Trinajstić information content (AvgIpc) is 2.57. The van der Waals surface area contributed by atoms with E-state index < -0.39 is 4.92 Å². The van der Waals surface area contributed by atoms with Gasteiger partial charge in [-0.25, -0.2) is 0 Å². The van der Waals surface area contributed by atoms with Crippen LogP contribution in [0.3, 0.4) is 0 Å². The van der Waals surface area contributed by atoms with Gasteiger partial charge in [-0.2, -0.15) is 0 Å². The molecule has 6 nitrogen and oxygen atoms in total. The van der Waals surface area contributed by atoms with Crippen LogP contribution in [0.4, 0.5) is 11.5 Å². The van der Waals surface area contributed by atoms with Crippen LogP contribution in [0.5, 0.6) is 0 Å². The first kappa shape index (κ1) is 10.8. The van der Waals surface area contributed by atoms with Gasteiger partial charge in [-0.05, 0) is 35.0 Å². The Kier molecular flexibility index (Phi) is 3.31. The molecule has 1 N–H and O–H groups in total. The first-order valence-electron chi connectivity index (χ1n) is 5.34. The van der Waals surface area contributed by atoms with Crippen molar-refractivity contribution in [1.29, 1.82) is 0 Å². The fraction of sp³-hybridized carbons (Fsp3) is 0.500. The zero-order chi connectivity index (χ0) is 11.4. The van der Waals surface area contributed by atoms with E-state index in [9.17, 15) is 10.1 Å². The zero-order valence-corrected chi connectivity index (χ0v) is 8.93. The fourth-order valence-corrected chi connectivity index (χ4v) is 1.86. The predicted molar refractivity (Wildman–Crippen MR) is 60.6 cm³/mol. The van der Waals surface area contributed by atoms with Gasteiger partial charge in [-0.15, -0.1) is 0 Å².